The van der Waals surface area contributed by atoms with Crippen LogP contribution < -0.4 is 0 Å². The van der Waals surface area contributed by atoms with Gasteiger partial charge in [0.15, 0.2) is 5.82 Å². The normalized spacial score (nSPS) is 14.7. The highest BCUT2D eigenvalue weighted by Gasteiger charge is 2.65. The van der Waals surface area contributed by atoms with Crippen molar-refractivity contribution in [3.8, 4) is 11.4 Å². The summed E-state index contributed by atoms with van der Waals surface area (Å²) in [5.41, 5.74) is -0.803. The van der Waals surface area contributed by atoms with Gasteiger partial charge in [0.2, 0.25) is 0 Å². The van der Waals surface area contributed by atoms with E-state index >= 15 is 0 Å². The van der Waals surface area contributed by atoms with Crippen LogP contribution in [0, 0.1) is 11.6 Å². The van der Waals surface area contributed by atoms with Crippen LogP contribution in [0.1, 0.15) is 5.56 Å². The molecule has 0 bridgehead atoms. The smallest absolute Gasteiger partial charge is 0.221 e. The number of halogens is 7. The Kier molecular flexibility index (Phi) is 3.63. The zero-order valence-corrected chi connectivity index (χ0v) is 13.4. The first-order valence-electron chi connectivity index (χ1n) is 6.89. The lowest BCUT2D eigenvalue weighted by Gasteiger charge is -2.40. The molecule has 0 aliphatic carbocycles. The standard InChI is InChI=1S/C14H9F7N4S/c15-12-5-2-6-13(16)11(12)8-25-14(22-23-24-25)9-3-1-4-10(7-9)26(17,18,19,20)21/h1-7H,8H2. The third-order valence-electron chi connectivity index (χ3n) is 3.44. The van der Waals surface area contributed by atoms with Crippen LogP contribution in [-0.4, -0.2) is 20.2 Å². The average Bonchev–Trinajstić information content (AvgIpc) is 2.97. The molecule has 0 spiro atoms. The Labute approximate surface area is 142 Å². The van der Waals surface area contributed by atoms with E-state index in [1.165, 1.54) is 0 Å². The maximum absolute atomic E-state index is 13.7. The van der Waals surface area contributed by atoms with Gasteiger partial charge in [-0.1, -0.05) is 37.6 Å². The topological polar surface area (TPSA) is 43.6 Å². The van der Waals surface area contributed by atoms with Crippen molar-refractivity contribution in [2.24, 2.45) is 0 Å². The van der Waals surface area contributed by atoms with Crippen molar-refractivity contribution in [1.82, 2.24) is 20.2 Å². The largest absolute Gasteiger partial charge is 0.310 e. The van der Waals surface area contributed by atoms with Crippen LogP contribution in [0.4, 0.5) is 28.2 Å². The van der Waals surface area contributed by atoms with Crippen LogP contribution in [0.5, 0.6) is 0 Å². The Morgan fingerprint density at radius 2 is 1.50 bits per heavy atom. The minimum absolute atomic E-state index is 0.196. The summed E-state index contributed by atoms with van der Waals surface area (Å²) in [4.78, 5) is -2.12. The van der Waals surface area contributed by atoms with Gasteiger partial charge in [-0.15, -0.1) is 5.10 Å². The summed E-state index contributed by atoms with van der Waals surface area (Å²) in [7, 11) is -9.90. The van der Waals surface area contributed by atoms with Gasteiger partial charge in [0.1, 0.15) is 16.5 Å². The molecule has 4 nitrogen and oxygen atoms in total. The molecule has 0 radical (unpaired) electrons. The van der Waals surface area contributed by atoms with Gasteiger partial charge < -0.3 is 0 Å². The lowest BCUT2D eigenvalue weighted by molar-refractivity contribution is 0.364. The van der Waals surface area contributed by atoms with Crippen molar-refractivity contribution >= 4 is 10.2 Å². The van der Waals surface area contributed by atoms with Crippen molar-refractivity contribution in [1.29, 1.82) is 0 Å². The van der Waals surface area contributed by atoms with Crippen molar-refractivity contribution in [3.63, 3.8) is 0 Å². The second-order valence-electron chi connectivity index (χ2n) is 5.36. The molecule has 26 heavy (non-hydrogen) atoms. The molecule has 0 atom stereocenters. The number of nitrogens with zero attached hydrogens (tertiary/aromatic N) is 4. The third kappa shape index (κ3) is 3.64. The van der Waals surface area contributed by atoms with Crippen LogP contribution in [-0.2, 0) is 6.54 Å². The zero-order chi connectivity index (χ0) is 19.2. The first kappa shape index (κ1) is 18.2. The highest BCUT2D eigenvalue weighted by molar-refractivity contribution is 8.45. The average molecular weight is 398 g/mol. The Morgan fingerprint density at radius 3 is 2.12 bits per heavy atom. The maximum atomic E-state index is 13.7. The lowest BCUT2D eigenvalue weighted by Crippen LogP contribution is -2.09. The Balaban J connectivity index is 2.05. The molecule has 0 aliphatic rings. The van der Waals surface area contributed by atoms with Crippen molar-refractivity contribution in [2.75, 3.05) is 0 Å². The predicted octanol–water partition coefficient (Wildman–Crippen LogP) is 5.32. The number of hydrogen-bond donors (Lipinski definition) is 0. The molecule has 0 aliphatic heterocycles. The second-order valence-corrected chi connectivity index (χ2v) is 7.77. The Bertz CT molecular complexity index is 965. The van der Waals surface area contributed by atoms with E-state index in [1.54, 1.807) is 0 Å². The quantitative estimate of drug-likeness (QED) is 0.559. The molecule has 12 heteroatoms. The van der Waals surface area contributed by atoms with E-state index < -0.39 is 38.9 Å². The van der Waals surface area contributed by atoms with Crippen LogP contribution >= 0.6 is 10.2 Å². The highest BCUT2D eigenvalue weighted by Crippen LogP contribution is 3.02. The van der Waals surface area contributed by atoms with Gasteiger partial charge in [-0.05, 0) is 34.7 Å². The molecule has 0 fully saturated rings. The van der Waals surface area contributed by atoms with E-state index in [4.69, 9.17) is 0 Å². The fourth-order valence-electron chi connectivity index (χ4n) is 2.23. The van der Waals surface area contributed by atoms with E-state index in [0.717, 1.165) is 35.0 Å². The molecule has 0 unspecified atom stereocenters. The fraction of sp³-hybridized carbons (Fsp3) is 0.0714. The predicted molar refractivity (Wildman–Crippen MR) is 80.1 cm³/mol. The van der Waals surface area contributed by atoms with Gasteiger partial charge in [0, 0.05) is 11.1 Å². The van der Waals surface area contributed by atoms with Crippen molar-refractivity contribution < 1.29 is 28.2 Å². The summed E-state index contributed by atoms with van der Waals surface area (Å²) in [5.74, 6) is -2.17. The number of aromatic nitrogens is 4. The molecule has 0 saturated carbocycles. The van der Waals surface area contributed by atoms with Gasteiger partial charge in [-0.3, -0.25) is 0 Å². The van der Waals surface area contributed by atoms with Crippen LogP contribution in [0.3, 0.4) is 0 Å². The third-order valence-corrected chi connectivity index (χ3v) is 4.58. The minimum Gasteiger partial charge on any atom is -0.221 e. The number of benzene rings is 2. The van der Waals surface area contributed by atoms with Crippen LogP contribution in [0.15, 0.2) is 47.4 Å². The van der Waals surface area contributed by atoms with E-state index in [-0.39, 0.29) is 23.5 Å². The zero-order valence-electron chi connectivity index (χ0n) is 12.6. The van der Waals surface area contributed by atoms with Gasteiger partial charge in [-0.2, -0.15) is 0 Å². The first-order chi connectivity index (χ1) is 11.8. The minimum atomic E-state index is -9.90. The Morgan fingerprint density at radius 1 is 0.885 bits per heavy atom. The summed E-state index contributed by atoms with van der Waals surface area (Å²) < 4.78 is 93.1. The SMILES string of the molecule is Fc1cccc(F)c1Cn1nnnc1-c1cccc(S(F)(F)(F)(F)F)c1. The van der Waals surface area contributed by atoms with Crippen LogP contribution in [0.2, 0.25) is 0 Å². The van der Waals surface area contributed by atoms with E-state index in [1.807, 2.05) is 0 Å². The van der Waals surface area contributed by atoms with Crippen LogP contribution in [0.25, 0.3) is 11.4 Å². The molecule has 3 rings (SSSR count). The van der Waals surface area contributed by atoms with E-state index in [9.17, 15) is 28.2 Å². The van der Waals surface area contributed by atoms with Gasteiger partial charge in [0.25, 0.3) is 0 Å². The molecule has 0 saturated heterocycles. The molecular formula is C14H9F7N4S. The van der Waals surface area contributed by atoms with Gasteiger partial charge in [-0.25, -0.2) is 13.5 Å². The van der Waals surface area contributed by atoms with E-state index in [2.05, 4.69) is 15.5 Å². The summed E-state index contributed by atoms with van der Waals surface area (Å²) in [6.45, 7) is -0.540. The number of tetrazole rings is 1. The van der Waals surface area contributed by atoms with Crippen molar-refractivity contribution in [3.05, 3.63) is 59.7 Å². The summed E-state index contributed by atoms with van der Waals surface area (Å²) >= 11 is 0. The Hall–Kier alpha value is -2.63. The molecule has 3 aromatic rings. The molecule has 1 aromatic heterocycles. The fourth-order valence-corrected chi connectivity index (χ4v) is 2.91. The molecule has 0 amide bonds. The van der Waals surface area contributed by atoms with Gasteiger partial charge >= 0.3 is 10.2 Å². The molecule has 2 aromatic carbocycles. The highest BCUT2D eigenvalue weighted by atomic mass is 32.5. The molecule has 140 valence electrons. The summed E-state index contributed by atoms with van der Waals surface area (Å²) in [6.07, 6.45) is 0. The van der Waals surface area contributed by atoms with Gasteiger partial charge in [0.05, 0.1) is 6.54 Å². The molecule has 0 N–H and O–H groups in total. The second kappa shape index (κ2) is 5.19. The lowest BCUT2D eigenvalue weighted by atomic mass is 10.2. The number of rotatable bonds is 4. The summed E-state index contributed by atoms with van der Waals surface area (Å²) in [6, 6.07) is 5.37. The molecular weight excluding hydrogens is 389 g/mol. The number of hydrogen-bond acceptors (Lipinski definition) is 3. The van der Waals surface area contributed by atoms with E-state index in [0.29, 0.717) is 0 Å². The maximum Gasteiger partial charge on any atom is 0.310 e. The van der Waals surface area contributed by atoms with Crippen molar-refractivity contribution in [2.45, 2.75) is 11.4 Å². The monoisotopic (exact) mass is 398 g/mol. The molecule has 1 heterocycles. The summed E-state index contributed by atoms with van der Waals surface area (Å²) in [5, 5.41) is 10.2. The first-order valence-corrected chi connectivity index (χ1v) is 8.84.